The molecule has 2 saturated carbocycles. The molecule has 0 N–H and O–H groups in total. The van der Waals surface area contributed by atoms with Crippen LogP contribution in [0.4, 0.5) is 0 Å². The quantitative estimate of drug-likeness (QED) is 0.504. The van der Waals surface area contributed by atoms with Gasteiger partial charge in [-0.05, 0) is 35.8 Å². The molecule has 14 heavy (non-hydrogen) atoms. The van der Waals surface area contributed by atoms with Crippen LogP contribution in [-0.2, 0) is 0 Å². The van der Waals surface area contributed by atoms with Crippen LogP contribution < -0.4 is 0 Å². The summed E-state index contributed by atoms with van der Waals surface area (Å²) in [7, 11) is 0. The van der Waals surface area contributed by atoms with Gasteiger partial charge in [-0.3, -0.25) is 0 Å². The molecule has 4 rings (SSSR count). The van der Waals surface area contributed by atoms with Gasteiger partial charge in [0.1, 0.15) is 0 Å². The Bertz CT molecular complexity index is 345. The van der Waals surface area contributed by atoms with E-state index in [2.05, 4.69) is 24.3 Å². The van der Waals surface area contributed by atoms with Gasteiger partial charge in [-0.2, -0.15) is 0 Å². The third-order valence-corrected chi connectivity index (χ3v) is 4.95. The molecule has 0 nitrogen and oxygen atoms in total. The number of fused-ring (bicyclic) bond motifs is 3. The molecule has 0 radical (unpaired) electrons. The monoisotopic (exact) mass is 184 g/mol. The van der Waals surface area contributed by atoms with Gasteiger partial charge in [-0.1, -0.05) is 37.1 Å². The molecule has 4 aliphatic carbocycles. The average Bonchev–Trinajstić information content (AvgIpc) is 2.94. The molecule has 0 unspecified atom stereocenters. The summed E-state index contributed by atoms with van der Waals surface area (Å²) in [5, 5.41) is 0. The van der Waals surface area contributed by atoms with Gasteiger partial charge in [0.2, 0.25) is 0 Å². The van der Waals surface area contributed by atoms with Crippen LogP contribution in [0.25, 0.3) is 0 Å². The van der Waals surface area contributed by atoms with Crippen LogP contribution in [0.3, 0.4) is 0 Å². The van der Waals surface area contributed by atoms with E-state index in [1.54, 1.807) is 11.1 Å². The third-order valence-electron chi connectivity index (χ3n) is 4.95. The maximum Gasteiger partial charge on any atom is 0.00833 e. The summed E-state index contributed by atoms with van der Waals surface area (Å²) < 4.78 is 0. The van der Waals surface area contributed by atoms with Crippen molar-refractivity contribution in [1.82, 2.24) is 0 Å². The summed E-state index contributed by atoms with van der Waals surface area (Å²) >= 11 is 0. The van der Waals surface area contributed by atoms with Crippen molar-refractivity contribution in [2.75, 3.05) is 0 Å². The van der Waals surface area contributed by atoms with Gasteiger partial charge in [0.25, 0.3) is 0 Å². The molecular formula is C14H16. The lowest BCUT2D eigenvalue weighted by atomic mass is 9.74. The van der Waals surface area contributed by atoms with Crippen molar-refractivity contribution in [3.63, 3.8) is 0 Å². The van der Waals surface area contributed by atoms with Crippen LogP contribution in [0.15, 0.2) is 35.5 Å². The molecule has 0 aromatic heterocycles. The molecule has 0 aromatic rings. The van der Waals surface area contributed by atoms with Gasteiger partial charge in [0, 0.05) is 11.8 Å². The van der Waals surface area contributed by atoms with E-state index in [0.29, 0.717) is 5.41 Å². The molecule has 72 valence electrons. The van der Waals surface area contributed by atoms with Crippen molar-refractivity contribution in [2.24, 2.45) is 17.3 Å². The Balaban J connectivity index is 1.90. The Hall–Kier alpha value is -0.780. The first-order chi connectivity index (χ1) is 6.92. The minimum atomic E-state index is 0.665. The van der Waals surface area contributed by atoms with Gasteiger partial charge in [-0.15, -0.1) is 0 Å². The van der Waals surface area contributed by atoms with Gasteiger partial charge < -0.3 is 0 Å². The van der Waals surface area contributed by atoms with Gasteiger partial charge in [0.15, 0.2) is 0 Å². The van der Waals surface area contributed by atoms with E-state index < -0.39 is 0 Å². The Morgan fingerprint density at radius 3 is 2.07 bits per heavy atom. The average molecular weight is 184 g/mol. The van der Waals surface area contributed by atoms with Crippen LogP contribution >= 0.6 is 0 Å². The zero-order valence-corrected chi connectivity index (χ0v) is 8.50. The van der Waals surface area contributed by atoms with Gasteiger partial charge in [-0.25, -0.2) is 0 Å². The molecule has 2 bridgehead atoms. The Labute approximate surface area is 85.4 Å². The van der Waals surface area contributed by atoms with Crippen LogP contribution in [-0.4, -0.2) is 0 Å². The molecule has 0 aromatic carbocycles. The highest BCUT2D eigenvalue weighted by molar-refractivity contribution is 5.55. The standard InChI is InChI=1S/C14H16/c1-2-9-14(8-1)12-6-7-13(14)11-5-3-4-10(11)12/h4-7,12-13H,1-3,8-9H2/t12-,13-/m0/s1. The summed E-state index contributed by atoms with van der Waals surface area (Å²) in [4.78, 5) is 0. The van der Waals surface area contributed by atoms with Crippen LogP contribution in [0, 0.1) is 17.3 Å². The minimum Gasteiger partial charge on any atom is -0.0798 e. The first kappa shape index (κ1) is 7.50. The van der Waals surface area contributed by atoms with Crippen LogP contribution in [0.2, 0.25) is 0 Å². The molecule has 0 heteroatoms. The topological polar surface area (TPSA) is 0 Å². The molecule has 0 saturated heterocycles. The van der Waals surface area contributed by atoms with Crippen molar-refractivity contribution in [2.45, 2.75) is 32.1 Å². The first-order valence-electron chi connectivity index (χ1n) is 6.01. The van der Waals surface area contributed by atoms with E-state index in [1.807, 2.05) is 0 Å². The second-order valence-electron chi connectivity index (χ2n) is 5.34. The maximum absolute atomic E-state index is 2.50. The molecule has 2 fully saturated rings. The second kappa shape index (κ2) is 2.24. The highest BCUT2D eigenvalue weighted by Crippen LogP contribution is 2.66. The summed E-state index contributed by atoms with van der Waals surface area (Å²) in [5.41, 5.74) is 4.08. The predicted molar refractivity (Wildman–Crippen MR) is 57.8 cm³/mol. The van der Waals surface area contributed by atoms with Crippen molar-refractivity contribution in [1.29, 1.82) is 0 Å². The van der Waals surface area contributed by atoms with E-state index in [1.165, 1.54) is 32.1 Å². The lowest BCUT2D eigenvalue weighted by molar-refractivity contribution is 0.238. The number of hydrogen-bond acceptors (Lipinski definition) is 0. The fraction of sp³-hybridized carbons (Fsp3) is 0.571. The van der Waals surface area contributed by atoms with Crippen LogP contribution in [0.5, 0.6) is 0 Å². The van der Waals surface area contributed by atoms with Crippen molar-refractivity contribution >= 4 is 0 Å². The third kappa shape index (κ3) is 0.627. The highest BCUT2D eigenvalue weighted by Gasteiger charge is 2.57. The fourth-order valence-electron chi connectivity index (χ4n) is 4.44. The SMILES string of the molecule is C1=C[C@H]2C3=CCC=C3[C@H]1C21CCCC1. The van der Waals surface area contributed by atoms with E-state index >= 15 is 0 Å². The van der Waals surface area contributed by atoms with Crippen molar-refractivity contribution in [3.05, 3.63) is 35.5 Å². The van der Waals surface area contributed by atoms with Crippen LogP contribution in [0.1, 0.15) is 32.1 Å². The molecule has 0 heterocycles. The van der Waals surface area contributed by atoms with E-state index in [0.717, 1.165) is 11.8 Å². The van der Waals surface area contributed by atoms with Gasteiger partial charge >= 0.3 is 0 Å². The highest BCUT2D eigenvalue weighted by atomic mass is 14.6. The number of allylic oxidation sites excluding steroid dienone is 6. The largest absolute Gasteiger partial charge is 0.0798 e. The predicted octanol–water partition coefficient (Wildman–Crippen LogP) is 3.62. The lowest BCUT2D eigenvalue weighted by Crippen LogP contribution is -2.23. The summed E-state index contributed by atoms with van der Waals surface area (Å²) in [6, 6.07) is 0. The zero-order chi connectivity index (χ0) is 9.17. The molecule has 1 spiro atoms. The normalized spacial score (nSPS) is 40.6. The first-order valence-corrected chi connectivity index (χ1v) is 6.01. The minimum absolute atomic E-state index is 0.665. The smallest absolute Gasteiger partial charge is 0.00833 e. The summed E-state index contributed by atoms with van der Waals surface area (Å²) in [6.07, 6.45) is 17.1. The maximum atomic E-state index is 2.50. The molecular weight excluding hydrogens is 168 g/mol. The van der Waals surface area contributed by atoms with E-state index in [9.17, 15) is 0 Å². The zero-order valence-electron chi connectivity index (χ0n) is 8.50. The molecule has 0 amide bonds. The summed E-state index contributed by atoms with van der Waals surface area (Å²) in [5.74, 6) is 1.62. The number of hydrogen-bond donors (Lipinski definition) is 0. The summed E-state index contributed by atoms with van der Waals surface area (Å²) in [6.45, 7) is 0. The van der Waals surface area contributed by atoms with Crippen molar-refractivity contribution < 1.29 is 0 Å². The Morgan fingerprint density at radius 1 is 0.929 bits per heavy atom. The Morgan fingerprint density at radius 2 is 1.50 bits per heavy atom. The number of rotatable bonds is 0. The fourth-order valence-corrected chi connectivity index (χ4v) is 4.44. The van der Waals surface area contributed by atoms with E-state index in [-0.39, 0.29) is 0 Å². The van der Waals surface area contributed by atoms with Gasteiger partial charge in [0.05, 0.1) is 0 Å². The molecule has 2 atom stereocenters. The Kier molecular flexibility index (Phi) is 1.20. The van der Waals surface area contributed by atoms with Crippen molar-refractivity contribution in [3.8, 4) is 0 Å². The lowest BCUT2D eigenvalue weighted by Gasteiger charge is -2.29. The van der Waals surface area contributed by atoms with E-state index in [4.69, 9.17) is 0 Å². The molecule has 0 aliphatic heterocycles. The molecule has 4 aliphatic rings. The second-order valence-corrected chi connectivity index (χ2v) is 5.34.